The average Bonchev–Trinajstić information content (AvgIpc) is 2.81. The largest absolute Gasteiger partial charge is 0.497 e. The Morgan fingerprint density at radius 2 is 1.96 bits per heavy atom. The minimum Gasteiger partial charge on any atom is -0.497 e. The van der Waals surface area contributed by atoms with E-state index in [4.69, 9.17) is 9.47 Å². The Labute approximate surface area is 161 Å². The van der Waals surface area contributed by atoms with Gasteiger partial charge in [0.2, 0.25) is 5.91 Å². The number of likely N-dealkylation sites (N-methyl/N-ethyl adjacent to an activating group) is 1. The minimum atomic E-state index is 0.0125. The van der Waals surface area contributed by atoms with Gasteiger partial charge in [-0.2, -0.15) is 0 Å². The van der Waals surface area contributed by atoms with E-state index in [-0.39, 0.29) is 11.9 Å². The molecule has 0 saturated heterocycles. The summed E-state index contributed by atoms with van der Waals surface area (Å²) in [5, 5.41) is 0. The monoisotopic (exact) mass is 368 g/mol. The van der Waals surface area contributed by atoms with Gasteiger partial charge in [0, 0.05) is 18.7 Å². The van der Waals surface area contributed by atoms with Gasteiger partial charge in [-0.05, 0) is 44.8 Å². The normalized spacial score (nSPS) is 16.5. The molecule has 0 saturated carbocycles. The summed E-state index contributed by atoms with van der Waals surface area (Å²) in [4.78, 5) is 17.2. The molecule has 0 N–H and O–H groups in total. The summed E-state index contributed by atoms with van der Waals surface area (Å²) in [6, 6.07) is 13.9. The first kappa shape index (κ1) is 19.2. The predicted octanol–water partition coefficient (Wildman–Crippen LogP) is 2.90. The van der Waals surface area contributed by atoms with E-state index in [2.05, 4.69) is 24.0 Å². The fourth-order valence-corrected chi connectivity index (χ4v) is 3.45. The minimum absolute atomic E-state index is 0.0125. The Morgan fingerprint density at radius 1 is 1.22 bits per heavy atom. The van der Waals surface area contributed by atoms with Gasteiger partial charge >= 0.3 is 0 Å². The molecule has 0 aromatic heterocycles. The van der Waals surface area contributed by atoms with Gasteiger partial charge in [-0.1, -0.05) is 29.8 Å². The molecule has 1 unspecified atom stereocenters. The lowest BCUT2D eigenvalue weighted by atomic mass is 10.1. The maximum atomic E-state index is 13.2. The van der Waals surface area contributed by atoms with E-state index in [0.717, 1.165) is 29.2 Å². The molecule has 0 spiro atoms. The molecule has 1 amide bonds. The number of rotatable bonds is 5. The number of carbonyl (C=O) groups is 1. The highest BCUT2D eigenvalue weighted by atomic mass is 16.5. The Hall–Kier alpha value is -2.53. The van der Waals surface area contributed by atoms with E-state index in [1.807, 2.05) is 49.3 Å². The van der Waals surface area contributed by atoms with Gasteiger partial charge in [-0.25, -0.2) is 0 Å². The molecule has 5 heteroatoms. The summed E-state index contributed by atoms with van der Waals surface area (Å²) in [5.74, 6) is 1.79. The number of hydrogen-bond acceptors (Lipinski definition) is 4. The lowest BCUT2D eigenvalue weighted by Gasteiger charge is -2.31. The summed E-state index contributed by atoms with van der Waals surface area (Å²) in [6.45, 7) is 3.90. The molecule has 1 aliphatic rings. The first-order valence-electron chi connectivity index (χ1n) is 9.25. The van der Waals surface area contributed by atoms with Crippen LogP contribution < -0.4 is 9.47 Å². The number of carbonyl (C=O) groups excluding carboxylic acids is 1. The number of methoxy groups -OCH3 is 1. The zero-order chi connectivity index (χ0) is 19.4. The van der Waals surface area contributed by atoms with Crippen molar-refractivity contribution in [1.82, 2.24) is 9.80 Å². The van der Waals surface area contributed by atoms with Gasteiger partial charge in [0.15, 0.2) is 0 Å². The summed E-state index contributed by atoms with van der Waals surface area (Å²) >= 11 is 0. The molecular formula is C22H28N2O3. The first-order valence-corrected chi connectivity index (χ1v) is 9.25. The number of nitrogens with zero attached hydrogens (tertiary/aromatic N) is 2. The van der Waals surface area contributed by atoms with Gasteiger partial charge in [0.1, 0.15) is 18.1 Å². The molecule has 1 atom stereocenters. The van der Waals surface area contributed by atoms with Crippen LogP contribution in [-0.2, 0) is 17.8 Å². The Bertz CT molecular complexity index is 787. The molecule has 144 valence electrons. The fourth-order valence-electron chi connectivity index (χ4n) is 3.45. The van der Waals surface area contributed by atoms with Gasteiger partial charge in [-0.15, -0.1) is 0 Å². The summed E-state index contributed by atoms with van der Waals surface area (Å²) in [7, 11) is 5.69. The van der Waals surface area contributed by atoms with Crippen LogP contribution in [0.4, 0.5) is 0 Å². The van der Waals surface area contributed by atoms with Gasteiger partial charge in [0.25, 0.3) is 0 Å². The van der Waals surface area contributed by atoms with Crippen LogP contribution in [0.15, 0.2) is 42.5 Å². The van der Waals surface area contributed by atoms with E-state index < -0.39 is 0 Å². The predicted molar refractivity (Wildman–Crippen MR) is 106 cm³/mol. The van der Waals surface area contributed by atoms with Crippen LogP contribution in [0.25, 0.3) is 0 Å². The van der Waals surface area contributed by atoms with Crippen molar-refractivity contribution in [1.29, 1.82) is 0 Å². The lowest BCUT2D eigenvalue weighted by Crippen LogP contribution is -2.47. The molecule has 0 aliphatic carbocycles. The molecule has 2 aromatic carbocycles. The number of aryl methyl sites for hydroxylation is 1. The summed E-state index contributed by atoms with van der Waals surface area (Å²) in [5.41, 5.74) is 3.23. The molecule has 1 heterocycles. The van der Waals surface area contributed by atoms with Crippen LogP contribution in [0, 0.1) is 6.92 Å². The second-order valence-electron chi connectivity index (χ2n) is 7.38. The molecular weight excluding hydrogens is 340 g/mol. The average molecular weight is 368 g/mol. The zero-order valence-electron chi connectivity index (χ0n) is 16.6. The van der Waals surface area contributed by atoms with E-state index in [1.54, 1.807) is 7.11 Å². The van der Waals surface area contributed by atoms with Gasteiger partial charge < -0.3 is 19.3 Å². The number of hydrogen-bond donors (Lipinski definition) is 0. The standard InChI is InChI=1S/C22H28N2O3/c1-16-5-10-21-18(11-16)13-24(19(15-27-21)14-23(2)3)22(25)12-17-6-8-20(26-4)9-7-17/h5-11,19H,12-15H2,1-4H3. The Balaban J connectivity index is 1.83. The third-order valence-electron chi connectivity index (χ3n) is 4.84. The molecule has 0 bridgehead atoms. The van der Waals surface area contributed by atoms with Crippen LogP contribution in [0.3, 0.4) is 0 Å². The Kier molecular flexibility index (Phi) is 6.01. The van der Waals surface area contributed by atoms with E-state index in [9.17, 15) is 4.79 Å². The zero-order valence-corrected chi connectivity index (χ0v) is 16.6. The summed E-state index contributed by atoms with van der Waals surface area (Å²) in [6.07, 6.45) is 0.370. The number of fused-ring (bicyclic) bond motifs is 1. The van der Waals surface area contributed by atoms with Crippen molar-refractivity contribution in [3.8, 4) is 11.5 Å². The molecule has 0 radical (unpaired) electrons. The molecule has 1 aliphatic heterocycles. The number of ether oxygens (including phenoxy) is 2. The lowest BCUT2D eigenvalue weighted by molar-refractivity contribution is -0.134. The summed E-state index contributed by atoms with van der Waals surface area (Å²) < 4.78 is 11.2. The van der Waals surface area contributed by atoms with Crippen molar-refractivity contribution >= 4 is 5.91 Å². The topological polar surface area (TPSA) is 42.0 Å². The second-order valence-corrected chi connectivity index (χ2v) is 7.38. The Morgan fingerprint density at radius 3 is 2.63 bits per heavy atom. The van der Waals surface area contributed by atoms with E-state index in [1.165, 1.54) is 5.56 Å². The van der Waals surface area contributed by atoms with Crippen LogP contribution in [0.1, 0.15) is 16.7 Å². The van der Waals surface area contributed by atoms with Crippen LogP contribution in [0.2, 0.25) is 0 Å². The quantitative estimate of drug-likeness (QED) is 0.814. The van der Waals surface area contributed by atoms with Crippen LogP contribution in [0.5, 0.6) is 11.5 Å². The molecule has 27 heavy (non-hydrogen) atoms. The van der Waals surface area contributed by atoms with E-state index in [0.29, 0.717) is 19.6 Å². The number of benzene rings is 2. The molecule has 3 rings (SSSR count). The maximum absolute atomic E-state index is 13.2. The molecule has 5 nitrogen and oxygen atoms in total. The van der Waals surface area contributed by atoms with Crippen molar-refractivity contribution in [3.63, 3.8) is 0 Å². The van der Waals surface area contributed by atoms with Crippen molar-refractivity contribution in [2.24, 2.45) is 0 Å². The maximum Gasteiger partial charge on any atom is 0.227 e. The molecule has 0 fully saturated rings. The van der Waals surface area contributed by atoms with Gasteiger partial charge in [-0.3, -0.25) is 4.79 Å². The third-order valence-corrected chi connectivity index (χ3v) is 4.84. The first-order chi connectivity index (χ1) is 13.0. The third kappa shape index (κ3) is 4.80. The molecule has 2 aromatic rings. The smallest absolute Gasteiger partial charge is 0.227 e. The van der Waals surface area contributed by atoms with Crippen LogP contribution in [-0.4, -0.2) is 56.1 Å². The van der Waals surface area contributed by atoms with E-state index >= 15 is 0 Å². The highest BCUT2D eigenvalue weighted by Gasteiger charge is 2.29. The van der Waals surface area contributed by atoms with Crippen molar-refractivity contribution < 1.29 is 14.3 Å². The van der Waals surface area contributed by atoms with Crippen molar-refractivity contribution in [2.45, 2.75) is 25.9 Å². The van der Waals surface area contributed by atoms with Crippen LogP contribution >= 0.6 is 0 Å². The number of amides is 1. The van der Waals surface area contributed by atoms with Crippen molar-refractivity contribution in [3.05, 3.63) is 59.2 Å². The highest BCUT2D eigenvalue weighted by molar-refractivity contribution is 5.79. The SMILES string of the molecule is COc1ccc(CC(=O)N2Cc3cc(C)ccc3OCC2CN(C)C)cc1. The van der Waals surface area contributed by atoms with Crippen molar-refractivity contribution in [2.75, 3.05) is 34.4 Å². The van der Waals surface area contributed by atoms with Gasteiger partial charge in [0.05, 0.1) is 19.6 Å². The highest BCUT2D eigenvalue weighted by Crippen LogP contribution is 2.27. The second kappa shape index (κ2) is 8.44. The fraction of sp³-hybridized carbons (Fsp3) is 0.409.